The van der Waals surface area contributed by atoms with Gasteiger partial charge in [0.25, 0.3) is 0 Å². The second kappa shape index (κ2) is 8.73. The van der Waals surface area contributed by atoms with Gasteiger partial charge >= 0.3 is 5.97 Å². The summed E-state index contributed by atoms with van der Waals surface area (Å²) in [4.78, 5) is 11.9. The van der Waals surface area contributed by atoms with Gasteiger partial charge in [0.05, 0.1) is 12.2 Å². The van der Waals surface area contributed by atoms with Crippen LogP contribution in [0.4, 0.5) is 0 Å². The molecule has 5 heteroatoms. The zero-order valence-corrected chi connectivity index (χ0v) is 19.8. The molecule has 5 nitrogen and oxygen atoms in total. The molecular formula is C27H40O5. The fourth-order valence-corrected chi connectivity index (χ4v) is 7.24. The molecule has 0 amide bonds. The number of esters is 1. The summed E-state index contributed by atoms with van der Waals surface area (Å²) in [6, 6.07) is 0. The van der Waals surface area contributed by atoms with Crippen LogP contribution in [0.5, 0.6) is 0 Å². The highest BCUT2D eigenvalue weighted by Crippen LogP contribution is 2.60. The number of fused-ring (bicyclic) bond motifs is 1. The number of allylic oxidation sites excluding steroid dienone is 3. The third-order valence-electron chi connectivity index (χ3n) is 8.96. The van der Waals surface area contributed by atoms with E-state index in [1.807, 2.05) is 0 Å². The third kappa shape index (κ3) is 4.36. The molecule has 0 aromatic carbocycles. The number of rotatable bonds is 4. The normalized spacial score (nSPS) is 45.9. The van der Waals surface area contributed by atoms with Crippen LogP contribution >= 0.6 is 0 Å². The topological polar surface area (TPSA) is 87.0 Å². The Hall–Kier alpha value is -1.43. The van der Waals surface area contributed by atoms with E-state index >= 15 is 0 Å². The first-order chi connectivity index (χ1) is 15.0. The average molecular weight is 445 g/mol. The third-order valence-corrected chi connectivity index (χ3v) is 8.96. The molecule has 1 heterocycles. The largest absolute Gasteiger partial charge is 0.460 e. The lowest BCUT2D eigenvalue weighted by molar-refractivity contribution is -0.154. The predicted octanol–water partition coefficient (Wildman–Crippen LogP) is 4.22. The van der Waals surface area contributed by atoms with Gasteiger partial charge in [0.15, 0.2) is 5.60 Å². The summed E-state index contributed by atoms with van der Waals surface area (Å²) in [5, 5.41) is 30.4. The fourth-order valence-electron chi connectivity index (χ4n) is 7.24. The van der Waals surface area contributed by atoms with Crippen LogP contribution in [0.1, 0.15) is 78.6 Å². The molecule has 32 heavy (non-hydrogen) atoms. The van der Waals surface area contributed by atoms with Gasteiger partial charge in [-0.3, -0.25) is 0 Å². The smallest absolute Gasteiger partial charge is 0.338 e. The quantitative estimate of drug-likeness (QED) is 0.565. The monoisotopic (exact) mass is 444 g/mol. The minimum Gasteiger partial charge on any atom is -0.460 e. The number of ether oxygens (including phenoxy) is 1. The van der Waals surface area contributed by atoms with Gasteiger partial charge in [-0.05, 0) is 86.2 Å². The van der Waals surface area contributed by atoms with Crippen LogP contribution in [0.25, 0.3) is 0 Å². The number of carbonyl (C=O) groups is 1. The summed E-state index contributed by atoms with van der Waals surface area (Å²) in [6.07, 6.45) is 11.0. The number of hydrogen-bond donors (Lipinski definition) is 3. The summed E-state index contributed by atoms with van der Waals surface area (Å²) in [7, 11) is 0. The van der Waals surface area contributed by atoms with Gasteiger partial charge in [0.1, 0.15) is 6.10 Å². The lowest BCUT2D eigenvalue weighted by Crippen LogP contribution is -2.36. The van der Waals surface area contributed by atoms with Gasteiger partial charge in [-0.15, -0.1) is 0 Å². The first-order valence-electron chi connectivity index (χ1n) is 12.4. The molecule has 3 unspecified atom stereocenters. The van der Waals surface area contributed by atoms with Crippen molar-refractivity contribution in [1.29, 1.82) is 0 Å². The lowest BCUT2D eigenvalue weighted by Gasteiger charge is -2.44. The molecular weight excluding hydrogens is 404 g/mol. The number of aliphatic hydroxyl groups is 3. The molecule has 3 N–H and O–H groups in total. The Bertz CT molecular complexity index is 824. The van der Waals surface area contributed by atoms with E-state index in [2.05, 4.69) is 32.6 Å². The first kappa shape index (κ1) is 23.7. The average Bonchev–Trinajstić information content (AvgIpc) is 3.18. The number of cyclic esters (lactones) is 1. The van der Waals surface area contributed by atoms with E-state index in [1.54, 1.807) is 6.92 Å². The fraction of sp³-hybridized carbons (Fsp3) is 0.741. The first-order valence-corrected chi connectivity index (χ1v) is 12.4. The zero-order chi connectivity index (χ0) is 23.3. The highest BCUT2D eigenvalue weighted by molar-refractivity contribution is 5.80. The van der Waals surface area contributed by atoms with Crippen LogP contribution < -0.4 is 0 Å². The molecule has 0 aromatic heterocycles. The Morgan fingerprint density at radius 1 is 1.25 bits per heavy atom. The van der Waals surface area contributed by atoms with Gasteiger partial charge in [0, 0.05) is 12.8 Å². The molecule has 178 valence electrons. The standard InChI is InChI=1S/C27H40O5/c1-16(12-21-15-27(4,31)25(30)32-21)22-9-10-23-18(6-5-11-26(22,23)3)7-8-19-13-20(28)14-24(29)17(19)2/h7-8,16,20-24,28-29,31H,2,5-6,9-15H2,1,3-4H3/b18-7+,19-8?/t16?,20?,21-,22?,23-,24-,26+,27+/m0/s1. The van der Waals surface area contributed by atoms with Crippen LogP contribution in [-0.4, -0.2) is 45.2 Å². The Morgan fingerprint density at radius 3 is 2.69 bits per heavy atom. The van der Waals surface area contributed by atoms with E-state index in [9.17, 15) is 20.1 Å². The maximum Gasteiger partial charge on any atom is 0.338 e. The van der Waals surface area contributed by atoms with Crippen molar-refractivity contribution >= 4 is 5.97 Å². The van der Waals surface area contributed by atoms with Crippen molar-refractivity contribution in [3.8, 4) is 0 Å². The van der Waals surface area contributed by atoms with Crippen LogP contribution in [-0.2, 0) is 9.53 Å². The Labute approximate surface area is 192 Å². The Kier molecular flexibility index (Phi) is 6.47. The van der Waals surface area contributed by atoms with Gasteiger partial charge in [-0.1, -0.05) is 38.2 Å². The molecule has 8 atom stereocenters. The molecule has 4 fully saturated rings. The van der Waals surface area contributed by atoms with E-state index < -0.39 is 23.8 Å². The summed E-state index contributed by atoms with van der Waals surface area (Å²) in [6.45, 7) is 10.3. The highest BCUT2D eigenvalue weighted by Gasteiger charge is 2.52. The van der Waals surface area contributed by atoms with Gasteiger partial charge in [-0.2, -0.15) is 0 Å². The number of carbonyl (C=O) groups excluding carboxylic acids is 1. The van der Waals surface area contributed by atoms with E-state index in [0.29, 0.717) is 37.0 Å². The van der Waals surface area contributed by atoms with Crippen molar-refractivity contribution in [2.75, 3.05) is 0 Å². The number of hydrogen-bond acceptors (Lipinski definition) is 5. The van der Waals surface area contributed by atoms with E-state index in [1.165, 1.54) is 31.3 Å². The van der Waals surface area contributed by atoms with Gasteiger partial charge in [-0.25, -0.2) is 4.79 Å². The van der Waals surface area contributed by atoms with Gasteiger partial charge < -0.3 is 20.1 Å². The summed E-state index contributed by atoms with van der Waals surface area (Å²) in [5.74, 6) is 1.06. The molecule has 0 radical (unpaired) electrons. The molecule has 0 aromatic rings. The molecule has 0 bridgehead atoms. The van der Waals surface area contributed by atoms with E-state index in [0.717, 1.165) is 24.0 Å². The van der Waals surface area contributed by atoms with Gasteiger partial charge in [0.2, 0.25) is 0 Å². The van der Waals surface area contributed by atoms with Crippen molar-refractivity contribution in [3.63, 3.8) is 0 Å². The maximum atomic E-state index is 11.9. The molecule has 3 saturated carbocycles. The lowest BCUT2D eigenvalue weighted by atomic mass is 9.60. The minimum atomic E-state index is -1.34. The van der Waals surface area contributed by atoms with E-state index in [-0.39, 0.29) is 11.5 Å². The molecule has 3 aliphatic carbocycles. The second-order valence-electron chi connectivity index (χ2n) is 11.4. The van der Waals surface area contributed by atoms with Crippen LogP contribution in [0.15, 0.2) is 35.5 Å². The molecule has 1 aliphatic heterocycles. The summed E-state index contributed by atoms with van der Waals surface area (Å²) >= 11 is 0. The van der Waals surface area contributed by atoms with Crippen molar-refractivity contribution in [3.05, 3.63) is 35.5 Å². The Morgan fingerprint density at radius 2 is 2.00 bits per heavy atom. The predicted molar refractivity (Wildman–Crippen MR) is 124 cm³/mol. The van der Waals surface area contributed by atoms with E-state index in [4.69, 9.17) is 4.74 Å². The van der Waals surface area contributed by atoms with Crippen LogP contribution in [0, 0.1) is 23.2 Å². The van der Waals surface area contributed by atoms with Crippen LogP contribution in [0.2, 0.25) is 0 Å². The van der Waals surface area contributed by atoms with Crippen molar-refractivity contribution < 1.29 is 24.9 Å². The van der Waals surface area contributed by atoms with Crippen molar-refractivity contribution in [2.45, 2.75) is 102 Å². The molecule has 0 spiro atoms. The molecule has 1 saturated heterocycles. The minimum absolute atomic E-state index is 0.186. The second-order valence-corrected chi connectivity index (χ2v) is 11.4. The molecule has 4 aliphatic rings. The molecule has 4 rings (SSSR count). The van der Waals surface area contributed by atoms with Crippen LogP contribution in [0.3, 0.4) is 0 Å². The number of aliphatic hydroxyl groups excluding tert-OH is 2. The summed E-state index contributed by atoms with van der Waals surface area (Å²) < 4.78 is 5.47. The zero-order valence-electron chi connectivity index (χ0n) is 19.8. The maximum absolute atomic E-state index is 11.9. The SMILES string of the molecule is C=C1C(=C/C=C2\CCC[C@]3(C)C(C(C)C[C@H]4C[C@@](C)(O)C(=O)O4)CC[C@@H]23)CC(O)C[C@@H]1O. The Balaban J connectivity index is 1.47. The van der Waals surface area contributed by atoms with Crippen molar-refractivity contribution in [1.82, 2.24) is 0 Å². The summed E-state index contributed by atoms with van der Waals surface area (Å²) in [5.41, 5.74) is 2.08. The highest BCUT2D eigenvalue weighted by atomic mass is 16.6. The van der Waals surface area contributed by atoms with Crippen molar-refractivity contribution in [2.24, 2.45) is 23.2 Å².